The molecule has 1 saturated carbocycles. The van der Waals surface area contributed by atoms with Gasteiger partial charge in [-0.1, -0.05) is 40.9 Å². The highest BCUT2D eigenvalue weighted by Gasteiger charge is 2.67. The van der Waals surface area contributed by atoms with Crippen LogP contribution in [0, 0.1) is 17.6 Å². The highest BCUT2D eigenvalue weighted by molar-refractivity contribution is 7.08. The van der Waals surface area contributed by atoms with Gasteiger partial charge < -0.3 is 16.0 Å². The monoisotopic (exact) mass is 688 g/mol. The molecular weight excluding hydrogens is 676 g/mol. The molecule has 4 aromatic rings. The summed E-state index contributed by atoms with van der Waals surface area (Å²) in [6.07, 6.45) is 1.36. The number of nitrogens with one attached hydrogen (secondary N) is 3. The predicted molar refractivity (Wildman–Crippen MR) is 162 cm³/mol. The number of amides is 3. The number of rotatable bonds is 7. The number of halogens is 7. The van der Waals surface area contributed by atoms with Crippen molar-refractivity contribution in [3.8, 4) is 0 Å². The molecule has 2 atom stereocenters. The summed E-state index contributed by atoms with van der Waals surface area (Å²) in [5, 5.41) is 7.70. The van der Waals surface area contributed by atoms with Crippen LogP contribution >= 0.6 is 69.5 Å². The Morgan fingerprint density at radius 3 is 2.26 bits per heavy atom. The fourth-order valence-electron chi connectivity index (χ4n) is 4.23. The zero-order valence-electron chi connectivity index (χ0n) is 20.7. The number of nitrogens with zero attached hydrogens (tertiary/aromatic N) is 1. The van der Waals surface area contributed by atoms with Crippen molar-refractivity contribution in [1.29, 1.82) is 0 Å². The van der Waals surface area contributed by atoms with Gasteiger partial charge in [0.05, 0.1) is 32.2 Å². The molecule has 7 nitrogen and oxygen atoms in total. The predicted octanol–water partition coefficient (Wildman–Crippen LogP) is 8.41. The molecule has 0 saturated heterocycles. The van der Waals surface area contributed by atoms with Gasteiger partial charge in [0.1, 0.15) is 20.7 Å². The minimum Gasteiger partial charge on any atom is -0.326 e. The number of hydrogen-bond donors (Lipinski definition) is 3. The van der Waals surface area contributed by atoms with Crippen LogP contribution < -0.4 is 16.0 Å². The Morgan fingerprint density at radius 2 is 1.57 bits per heavy atom. The maximum atomic E-state index is 15.1. The highest BCUT2D eigenvalue weighted by atomic mass is 35.5. The Labute approximate surface area is 266 Å². The maximum Gasteiger partial charge on any atom is 0.267 e. The van der Waals surface area contributed by atoms with Crippen LogP contribution in [0.1, 0.15) is 31.5 Å². The second kappa shape index (κ2) is 11.9. The lowest BCUT2D eigenvalue weighted by Gasteiger charge is -2.13. The van der Waals surface area contributed by atoms with E-state index in [0.29, 0.717) is 10.6 Å². The molecular formula is C27H15Cl5F2N4O3S. The Bertz CT molecular complexity index is 1740. The molecule has 3 N–H and O–H groups in total. The van der Waals surface area contributed by atoms with Crippen LogP contribution in [0.5, 0.6) is 0 Å². The van der Waals surface area contributed by atoms with E-state index < -0.39 is 56.9 Å². The summed E-state index contributed by atoms with van der Waals surface area (Å²) in [6, 6.07) is 12.1. The van der Waals surface area contributed by atoms with Crippen molar-refractivity contribution in [2.45, 2.75) is 10.3 Å². The first-order valence-electron chi connectivity index (χ1n) is 11.8. The largest absolute Gasteiger partial charge is 0.326 e. The van der Waals surface area contributed by atoms with Crippen LogP contribution in [0.3, 0.4) is 0 Å². The lowest BCUT2D eigenvalue weighted by Crippen LogP contribution is -2.19. The molecule has 0 unspecified atom stereocenters. The van der Waals surface area contributed by atoms with Crippen LogP contribution in [-0.2, 0) is 4.79 Å². The molecule has 1 fully saturated rings. The third-order valence-corrected chi connectivity index (χ3v) is 9.11. The molecule has 5 rings (SSSR count). The van der Waals surface area contributed by atoms with E-state index in [4.69, 9.17) is 58.0 Å². The van der Waals surface area contributed by atoms with E-state index in [2.05, 4.69) is 20.3 Å². The molecule has 3 aromatic carbocycles. The van der Waals surface area contributed by atoms with Crippen LogP contribution in [0.4, 0.5) is 25.8 Å². The Morgan fingerprint density at radius 1 is 0.833 bits per heavy atom. The summed E-state index contributed by atoms with van der Waals surface area (Å²) in [5.41, 5.74) is -0.522. The summed E-state index contributed by atoms with van der Waals surface area (Å²) >= 11 is 31.9. The quantitative estimate of drug-likeness (QED) is 0.170. The molecule has 1 aliphatic carbocycles. The summed E-state index contributed by atoms with van der Waals surface area (Å²) in [4.78, 5) is 38.5. The zero-order chi connectivity index (χ0) is 30.3. The fraction of sp³-hybridized carbons (Fsp3) is 0.111. The first kappa shape index (κ1) is 30.5. The Hall–Kier alpha value is -2.99. The van der Waals surface area contributed by atoms with Crippen molar-refractivity contribution >= 4 is 104 Å². The SMILES string of the molecule is O=C(Nc1c(F)ccc(NC(=O)c2cc(NC(=O)[C@H]3[C@H](c4ccc(Cl)c(Cl)c4)C3(Cl)Cl)ccc2Cl)c1F)c1ccns1. The minimum absolute atomic E-state index is 0.0177. The van der Waals surface area contributed by atoms with E-state index in [1.807, 2.05) is 0 Å². The molecule has 0 bridgehead atoms. The topological polar surface area (TPSA) is 100 Å². The van der Waals surface area contributed by atoms with Gasteiger partial charge >= 0.3 is 0 Å². The molecule has 42 heavy (non-hydrogen) atoms. The standard InChI is InChI=1S/C27H15Cl5F2N4O3S/c28-14-4-2-12(36-26(41)21-20(27(21,31)32)11-1-3-15(29)16(30)9-11)10-13(14)24(39)37-18-6-5-17(33)23(22(18)34)38-25(40)19-7-8-35-42-19/h1-10,20-21H,(H,36,41)(H,37,39)(H,38,40)/t20-,21+/m0/s1. The van der Waals surface area contributed by atoms with E-state index in [1.54, 1.807) is 18.2 Å². The van der Waals surface area contributed by atoms with Crippen molar-refractivity contribution in [2.24, 2.45) is 5.92 Å². The molecule has 3 amide bonds. The van der Waals surface area contributed by atoms with Gasteiger partial charge in [-0.15, -0.1) is 23.2 Å². The van der Waals surface area contributed by atoms with Crippen LogP contribution in [0.25, 0.3) is 0 Å². The Balaban J connectivity index is 1.32. The number of carbonyl (C=O) groups is 3. The molecule has 0 radical (unpaired) electrons. The van der Waals surface area contributed by atoms with Crippen LogP contribution in [0.15, 0.2) is 60.8 Å². The lowest BCUT2D eigenvalue weighted by molar-refractivity contribution is -0.117. The average molecular weight is 691 g/mol. The first-order valence-corrected chi connectivity index (χ1v) is 14.5. The van der Waals surface area contributed by atoms with Gasteiger partial charge in [0.2, 0.25) is 5.91 Å². The van der Waals surface area contributed by atoms with Gasteiger partial charge in [-0.25, -0.2) is 13.2 Å². The van der Waals surface area contributed by atoms with Gasteiger partial charge in [-0.05, 0) is 65.6 Å². The molecule has 1 heterocycles. The van der Waals surface area contributed by atoms with Gasteiger partial charge in [0.15, 0.2) is 5.82 Å². The fourth-order valence-corrected chi connectivity index (χ4v) is 6.06. The van der Waals surface area contributed by atoms with Crippen molar-refractivity contribution < 1.29 is 23.2 Å². The number of aromatic nitrogens is 1. The number of benzene rings is 3. The minimum atomic E-state index is -1.42. The maximum absolute atomic E-state index is 15.1. The molecule has 0 aliphatic heterocycles. The number of alkyl halides is 2. The lowest BCUT2D eigenvalue weighted by atomic mass is 10.1. The third-order valence-electron chi connectivity index (χ3n) is 6.36. The van der Waals surface area contributed by atoms with E-state index in [0.717, 1.165) is 23.7 Å². The zero-order valence-corrected chi connectivity index (χ0v) is 25.3. The summed E-state index contributed by atoms with van der Waals surface area (Å²) in [7, 11) is 0. The van der Waals surface area contributed by atoms with E-state index >= 15 is 4.39 Å². The van der Waals surface area contributed by atoms with Gasteiger partial charge in [-0.2, -0.15) is 0 Å². The molecule has 1 aliphatic rings. The first-order chi connectivity index (χ1) is 19.9. The summed E-state index contributed by atoms with van der Waals surface area (Å²) in [5.74, 6) is -5.87. The molecule has 216 valence electrons. The van der Waals surface area contributed by atoms with Crippen molar-refractivity contribution in [1.82, 2.24) is 4.37 Å². The summed E-state index contributed by atoms with van der Waals surface area (Å²) < 4.78 is 31.9. The second-order valence-corrected chi connectivity index (χ2v) is 12.6. The normalized spacial score (nSPS) is 16.9. The van der Waals surface area contributed by atoms with E-state index in [-0.39, 0.29) is 26.2 Å². The summed E-state index contributed by atoms with van der Waals surface area (Å²) in [6.45, 7) is 0. The molecule has 0 spiro atoms. The van der Waals surface area contributed by atoms with Crippen molar-refractivity contribution in [3.05, 3.63) is 104 Å². The van der Waals surface area contributed by atoms with Gasteiger partial charge in [0.25, 0.3) is 11.8 Å². The smallest absolute Gasteiger partial charge is 0.267 e. The molecule has 1 aromatic heterocycles. The number of anilines is 3. The van der Waals surface area contributed by atoms with Gasteiger partial charge in [0, 0.05) is 17.8 Å². The van der Waals surface area contributed by atoms with Gasteiger partial charge in [-0.3, -0.25) is 14.4 Å². The van der Waals surface area contributed by atoms with E-state index in [1.165, 1.54) is 30.5 Å². The number of carbonyl (C=O) groups excluding carboxylic acids is 3. The van der Waals surface area contributed by atoms with Crippen LogP contribution in [-0.4, -0.2) is 26.4 Å². The molecule has 15 heteroatoms. The Kier molecular flexibility index (Phi) is 8.67. The van der Waals surface area contributed by atoms with Crippen molar-refractivity contribution in [2.75, 3.05) is 16.0 Å². The van der Waals surface area contributed by atoms with Crippen LogP contribution in [0.2, 0.25) is 15.1 Å². The second-order valence-electron chi connectivity index (χ2n) is 9.06. The highest BCUT2D eigenvalue weighted by Crippen LogP contribution is 2.65. The van der Waals surface area contributed by atoms with Crippen molar-refractivity contribution in [3.63, 3.8) is 0 Å². The number of hydrogen-bond acceptors (Lipinski definition) is 5. The average Bonchev–Trinajstić information content (AvgIpc) is 3.25. The van der Waals surface area contributed by atoms with E-state index in [9.17, 15) is 18.8 Å². The third kappa shape index (κ3) is 6.06.